The number of nitrogens with one attached hydrogen (secondary N) is 1. The van der Waals surface area contributed by atoms with Gasteiger partial charge in [0.1, 0.15) is 6.10 Å². The molecule has 2 aromatic rings. The second-order valence-corrected chi connectivity index (χ2v) is 5.21. The molecule has 1 aromatic carbocycles. The number of nitrogens with zero attached hydrogens (tertiary/aromatic N) is 1. The number of benzene rings is 1. The van der Waals surface area contributed by atoms with E-state index >= 15 is 0 Å². The van der Waals surface area contributed by atoms with Crippen molar-refractivity contribution in [2.24, 2.45) is 7.05 Å². The largest absolute Gasteiger partial charge is 0.385 e. The molecule has 0 spiro atoms. The SMILES string of the molecule is Cn1cccc1C(O)CNC(=O)c1ccc(Cl)c(Cl)c1. The van der Waals surface area contributed by atoms with Crippen LogP contribution in [0.1, 0.15) is 22.2 Å². The van der Waals surface area contributed by atoms with Crippen LogP contribution in [-0.2, 0) is 7.05 Å². The Morgan fingerprint density at radius 1 is 1.35 bits per heavy atom. The molecule has 1 atom stereocenters. The fourth-order valence-corrected chi connectivity index (χ4v) is 2.15. The van der Waals surface area contributed by atoms with Gasteiger partial charge >= 0.3 is 0 Å². The number of aliphatic hydroxyl groups excluding tert-OH is 1. The van der Waals surface area contributed by atoms with Crippen molar-refractivity contribution in [1.29, 1.82) is 0 Å². The zero-order valence-corrected chi connectivity index (χ0v) is 12.3. The zero-order valence-electron chi connectivity index (χ0n) is 10.8. The average molecular weight is 313 g/mol. The average Bonchev–Trinajstić information content (AvgIpc) is 2.85. The molecule has 2 N–H and O–H groups in total. The van der Waals surface area contributed by atoms with Crippen molar-refractivity contribution in [3.63, 3.8) is 0 Å². The van der Waals surface area contributed by atoms with Crippen molar-refractivity contribution in [2.75, 3.05) is 6.54 Å². The summed E-state index contributed by atoms with van der Waals surface area (Å²) >= 11 is 11.6. The molecule has 106 valence electrons. The molecule has 1 amide bonds. The van der Waals surface area contributed by atoms with Gasteiger partial charge in [-0.2, -0.15) is 0 Å². The predicted octanol–water partition coefficient (Wildman–Crippen LogP) is 2.80. The van der Waals surface area contributed by atoms with Gasteiger partial charge in [0.15, 0.2) is 0 Å². The van der Waals surface area contributed by atoms with Crippen molar-refractivity contribution in [3.05, 3.63) is 57.8 Å². The molecule has 0 radical (unpaired) electrons. The Morgan fingerprint density at radius 3 is 2.70 bits per heavy atom. The molecular formula is C14H14Cl2N2O2. The van der Waals surface area contributed by atoms with Crippen LogP contribution in [-0.4, -0.2) is 22.1 Å². The fraction of sp³-hybridized carbons (Fsp3) is 0.214. The molecule has 20 heavy (non-hydrogen) atoms. The maximum Gasteiger partial charge on any atom is 0.251 e. The topological polar surface area (TPSA) is 54.3 Å². The Balaban J connectivity index is 1.98. The first-order valence-corrected chi connectivity index (χ1v) is 6.77. The summed E-state index contributed by atoms with van der Waals surface area (Å²) in [5.74, 6) is -0.308. The van der Waals surface area contributed by atoms with Crippen LogP contribution in [0.4, 0.5) is 0 Å². The van der Waals surface area contributed by atoms with E-state index in [1.807, 2.05) is 19.3 Å². The lowest BCUT2D eigenvalue weighted by molar-refractivity contribution is 0.0912. The number of carbonyl (C=O) groups is 1. The highest BCUT2D eigenvalue weighted by molar-refractivity contribution is 6.42. The molecule has 0 bridgehead atoms. The molecule has 1 unspecified atom stereocenters. The van der Waals surface area contributed by atoms with Crippen molar-refractivity contribution in [2.45, 2.75) is 6.10 Å². The maximum atomic E-state index is 11.9. The molecule has 0 saturated heterocycles. The normalized spacial score (nSPS) is 12.2. The van der Waals surface area contributed by atoms with E-state index in [0.717, 1.165) is 5.69 Å². The third-order valence-electron chi connectivity index (χ3n) is 2.96. The Bertz CT molecular complexity index is 625. The Morgan fingerprint density at radius 2 is 2.10 bits per heavy atom. The summed E-state index contributed by atoms with van der Waals surface area (Å²) in [4.78, 5) is 11.9. The summed E-state index contributed by atoms with van der Waals surface area (Å²) < 4.78 is 1.80. The van der Waals surface area contributed by atoms with Gasteiger partial charge in [-0.3, -0.25) is 4.79 Å². The van der Waals surface area contributed by atoms with Crippen LogP contribution in [0.3, 0.4) is 0 Å². The lowest BCUT2D eigenvalue weighted by Gasteiger charge is -2.13. The van der Waals surface area contributed by atoms with Crippen molar-refractivity contribution >= 4 is 29.1 Å². The molecule has 6 heteroatoms. The van der Waals surface area contributed by atoms with Gasteiger partial charge in [-0.05, 0) is 30.3 Å². The second kappa shape index (κ2) is 6.31. The van der Waals surface area contributed by atoms with Gasteiger partial charge in [0.2, 0.25) is 0 Å². The van der Waals surface area contributed by atoms with E-state index in [4.69, 9.17) is 23.2 Å². The molecule has 0 aliphatic heterocycles. The van der Waals surface area contributed by atoms with Crippen LogP contribution in [0.5, 0.6) is 0 Å². The molecular weight excluding hydrogens is 299 g/mol. The second-order valence-electron chi connectivity index (χ2n) is 4.40. The maximum absolute atomic E-state index is 11.9. The molecule has 4 nitrogen and oxygen atoms in total. The summed E-state index contributed by atoms with van der Waals surface area (Å²) in [5, 5.41) is 13.4. The first kappa shape index (κ1) is 14.9. The fourth-order valence-electron chi connectivity index (χ4n) is 1.85. The van der Waals surface area contributed by atoms with Gasteiger partial charge in [0.25, 0.3) is 5.91 Å². The van der Waals surface area contributed by atoms with E-state index in [-0.39, 0.29) is 12.5 Å². The van der Waals surface area contributed by atoms with E-state index in [1.165, 1.54) is 6.07 Å². The summed E-state index contributed by atoms with van der Waals surface area (Å²) in [7, 11) is 1.83. The van der Waals surface area contributed by atoms with E-state index in [0.29, 0.717) is 15.6 Å². The Kier molecular flexibility index (Phi) is 4.70. The highest BCUT2D eigenvalue weighted by Gasteiger charge is 2.13. The molecule has 1 heterocycles. The molecule has 0 saturated carbocycles. The Labute approximate surface area is 126 Å². The van der Waals surface area contributed by atoms with Gasteiger partial charge in [0.05, 0.1) is 10.0 Å². The number of aromatic nitrogens is 1. The first-order chi connectivity index (χ1) is 9.49. The third kappa shape index (κ3) is 3.33. The van der Waals surface area contributed by atoms with Crippen molar-refractivity contribution in [3.8, 4) is 0 Å². The van der Waals surface area contributed by atoms with Crippen LogP contribution in [0, 0.1) is 0 Å². The van der Waals surface area contributed by atoms with Crippen LogP contribution in [0.25, 0.3) is 0 Å². The number of aliphatic hydroxyl groups is 1. The monoisotopic (exact) mass is 312 g/mol. The number of rotatable bonds is 4. The highest BCUT2D eigenvalue weighted by atomic mass is 35.5. The molecule has 2 rings (SSSR count). The van der Waals surface area contributed by atoms with Crippen molar-refractivity contribution < 1.29 is 9.90 Å². The van der Waals surface area contributed by atoms with E-state index in [1.54, 1.807) is 22.8 Å². The highest BCUT2D eigenvalue weighted by Crippen LogP contribution is 2.22. The standard InChI is InChI=1S/C14H14Cl2N2O2/c1-18-6-2-3-12(18)13(19)8-17-14(20)9-4-5-10(15)11(16)7-9/h2-7,13,19H,8H2,1H3,(H,17,20). The van der Waals surface area contributed by atoms with E-state index in [2.05, 4.69) is 5.32 Å². The number of hydrogen-bond acceptors (Lipinski definition) is 2. The van der Waals surface area contributed by atoms with Gasteiger partial charge < -0.3 is 15.0 Å². The first-order valence-electron chi connectivity index (χ1n) is 6.01. The quantitative estimate of drug-likeness (QED) is 0.912. The molecule has 0 aliphatic rings. The molecule has 1 aromatic heterocycles. The summed E-state index contributed by atoms with van der Waals surface area (Å²) in [5.41, 5.74) is 1.14. The molecule has 0 fully saturated rings. The van der Waals surface area contributed by atoms with Crippen molar-refractivity contribution in [1.82, 2.24) is 9.88 Å². The lowest BCUT2D eigenvalue weighted by Crippen LogP contribution is -2.29. The van der Waals surface area contributed by atoms with Crippen LogP contribution in [0.2, 0.25) is 10.0 Å². The summed E-state index contributed by atoms with van der Waals surface area (Å²) in [6.07, 6.45) is 1.07. The van der Waals surface area contributed by atoms with Gasteiger partial charge in [0, 0.05) is 31.0 Å². The van der Waals surface area contributed by atoms with Crippen LogP contribution >= 0.6 is 23.2 Å². The number of aryl methyl sites for hydroxylation is 1. The minimum atomic E-state index is -0.762. The predicted molar refractivity (Wildman–Crippen MR) is 79.2 cm³/mol. The van der Waals surface area contributed by atoms with Crippen LogP contribution in [0.15, 0.2) is 36.5 Å². The number of halogens is 2. The van der Waals surface area contributed by atoms with Crippen LogP contribution < -0.4 is 5.32 Å². The zero-order chi connectivity index (χ0) is 14.7. The van der Waals surface area contributed by atoms with Gasteiger partial charge in [-0.25, -0.2) is 0 Å². The minimum Gasteiger partial charge on any atom is -0.385 e. The van der Waals surface area contributed by atoms with Gasteiger partial charge in [-0.1, -0.05) is 23.2 Å². The molecule has 0 aliphatic carbocycles. The number of carbonyl (C=O) groups excluding carboxylic acids is 1. The smallest absolute Gasteiger partial charge is 0.251 e. The minimum absolute atomic E-state index is 0.122. The van der Waals surface area contributed by atoms with E-state index in [9.17, 15) is 9.90 Å². The number of amides is 1. The summed E-state index contributed by atoms with van der Waals surface area (Å²) in [6, 6.07) is 8.27. The van der Waals surface area contributed by atoms with Gasteiger partial charge in [-0.15, -0.1) is 0 Å². The number of hydrogen-bond donors (Lipinski definition) is 2. The third-order valence-corrected chi connectivity index (χ3v) is 3.70. The van der Waals surface area contributed by atoms with E-state index < -0.39 is 6.10 Å². The summed E-state index contributed by atoms with van der Waals surface area (Å²) in [6.45, 7) is 0.122. The lowest BCUT2D eigenvalue weighted by atomic mass is 10.2. The Hall–Kier alpha value is -1.49.